The third-order valence-corrected chi connectivity index (χ3v) is 2.51. The maximum Gasteiger partial charge on any atom is 0.0308 e. The van der Waals surface area contributed by atoms with Gasteiger partial charge in [-0.2, -0.15) is 11.3 Å². The van der Waals surface area contributed by atoms with Gasteiger partial charge in [0.2, 0.25) is 0 Å². The van der Waals surface area contributed by atoms with Gasteiger partial charge in [0.05, 0.1) is 0 Å². The first-order valence-electron chi connectivity index (χ1n) is 4.27. The topological polar surface area (TPSA) is 26.0 Å². The Balaban J connectivity index is 2.56. The predicted molar refractivity (Wildman–Crippen MR) is 55.3 cm³/mol. The van der Waals surface area contributed by atoms with Gasteiger partial charge in [0, 0.05) is 6.04 Å². The SMILES string of the molecule is CC(C)(C)CC(N)c1ccsc1. The molecule has 0 aliphatic heterocycles. The van der Waals surface area contributed by atoms with Crippen LogP contribution < -0.4 is 5.73 Å². The van der Waals surface area contributed by atoms with Crippen molar-refractivity contribution in [3.63, 3.8) is 0 Å². The highest BCUT2D eigenvalue weighted by Crippen LogP contribution is 2.28. The first-order valence-corrected chi connectivity index (χ1v) is 5.21. The molecule has 1 aromatic rings. The number of rotatable bonds is 2. The van der Waals surface area contributed by atoms with E-state index in [0.29, 0.717) is 5.41 Å². The molecule has 0 bridgehead atoms. The van der Waals surface area contributed by atoms with Crippen LogP contribution in [-0.4, -0.2) is 0 Å². The Bertz CT molecular complexity index is 220. The third-order valence-electron chi connectivity index (χ3n) is 1.80. The molecule has 0 fully saturated rings. The summed E-state index contributed by atoms with van der Waals surface area (Å²) in [6.45, 7) is 6.66. The van der Waals surface area contributed by atoms with E-state index in [4.69, 9.17) is 5.73 Å². The molecule has 0 aliphatic rings. The summed E-state index contributed by atoms with van der Waals surface area (Å²) in [5.41, 5.74) is 7.63. The molecule has 1 rings (SSSR count). The molecule has 0 amide bonds. The van der Waals surface area contributed by atoms with E-state index in [1.807, 2.05) is 0 Å². The lowest BCUT2D eigenvalue weighted by Crippen LogP contribution is -2.18. The molecule has 0 aromatic carbocycles. The number of hydrogen-bond donors (Lipinski definition) is 1. The van der Waals surface area contributed by atoms with Crippen LogP contribution in [0.2, 0.25) is 0 Å². The van der Waals surface area contributed by atoms with Gasteiger partial charge in [-0.3, -0.25) is 0 Å². The Morgan fingerprint density at radius 3 is 2.58 bits per heavy atom. The minimum Gasteiger partial charge on any atom is -0.324 e. The molecule has 1 atom stereocenters. The molecule has 1 heterocycles. The summed E-state index contributed by atoms with van der Waals surface area (Å²) in [5, 5.41) is 4.22. The fourth-order valence-electron chi connectivity index (χ4n) is 1.26. The van der Waals surface area contributed by atoms with Gasteiger partial charge in [0.15, 0.2) is 0 Å². The lowest BCUT2D eigenvalue weighted by Gasteiger charge is -2.22. The number of hydrogen-bond acceptors (Lipinski definition) is 2. The molecule has 0 saturated carbocycles. The van der Waals surface area contributed by atoms with Crippen molar-refractivity contribution in [3.8, 4) is 0 Å². The van der Waals surface area contributed by atoms with E-state index in [0.717, 1.165) is 6.42 Å². The van der Waals surface area contributed by atoms with Gasteiger partial charge in [-0.15, -0.1) is 0 Å². The summed E-state index contributed by atoms with van der Waals surface area (Å²) in [7, 11) is 0. The lowest BCUT2D eigenvalue weighted by atomic mass is 9.86. The Kier molecular flexibility index (Phi) is 2.91. The van der Waals surface area contributed by atoms with Gasteiger partial charge in [-0.05, 0) is 34.2 Å². The standard InChI is InChI=1S/C10H17NS/c1-10(2,3)6-9(11)8-4-5-12-7-8/h4-5,7,9H,6,11H2,1-3H3. The molecular formula is C10H17NS. The Hall–Kier alpha value is -0.340. The minimum absolute atomic E-state index is 0.205. The van der Waals surface area contributed by atoms with Crippen molar-refractivity contribution in [3.05, 3.63) is 22.4 Å². The molecule has 68 valence electrons. The lowest BCUT2D eigenvalue weighted by molar-refractivity contribution is 0.343. The van der Waals surface area contributed by atoms with E-state index in [1.165, 1.54) is 5.56 Å². The molecule has 0 aliphatic carbocycles. The van der Waals surface area contributed by atoms with Crippen molar-refractivity contribution in [2.75, 3.05) is 0 Å². The van der Waals surface area contributed by atoms with E-state index in [-0.39, 0.29) is 6.04 Å². The van der Waals surface area contributed by atoms with Gasteiger partial charge < -0.3 is 5.73 Å². The summed E-state index contributed by atoms with van der Waals surface area (Å²) in [4.78, 5) is 0. The van der Waals surface area contributed by atoms with Crippen LogP contribution in [-0.2, 0) is 0 Å². The van der Waals surface area contributed by atoms with Crippen LogP contribution in [0.25, 0.3) is 0 Å². The first-order chi connectivity index (χ1) is 5.49. The second-order valence-electron chi connectivity index (χ2n) is 4.43. The molecule has 2 N–H and O–H groups in total. The summed E-state index contributed by atoms with van der Waals surface area (Å²) < 4.78 is 0. The van der Waals surface area contributed by atoms with Crippen LogP contribution in [0, 0.1) is 5.41 Å². The van der Waals surface area contributed by atoms with Crippen LogP contribution in [0.5, 0.6) is 0 Å². The van der Waals surface area contributed by atoms with E-state index in [9.17, 15) is 0 Å². The number of thiophene rings is 1. The summed E-state index contributed by atoms with van der Waals surface area (Å²) in [6.07, 6.45) is 1.05. The molecule has 1 aromatic heterocycles. The molecule has 0 radical (unpaired) electrons. The molecule has 0 saturated heterocycles. The molecule has 0 spiro atoms. The van der Waals surface area contributed by atoms with Gasteiger partial charge in [0.25, 0.3) is 0 Å². The molecule has 12 heavy (non-hydrogen) atoms. The highest BCUT2D eigenvalue weighted by Gasteiger charge is 2.16. The quantitative estimate of drug-likeness (QED) is 0.748. The summed E-state index contributed by atoms with van der Waals surface area (Å²) in [6, 6.07) is 2.32. The van der Waals surface area contributed by atoms with Crippen LogP contribution in [0.1, 0.15) is 38.8 Å². The fraction of sp³-hybridized carbons (Fsp3) is 0.600. The Labute approximate surface area is 78.6 Å². The molecule has 2 heteroatoms. The van der Waals surface area contributed by atoms with Crippen LogP contribution in [0.3, 0.4) is 0 Å². The second kappa shape index (κ2) is 3.58. The Morgan fingerprint density at radius 1 is 1.50 bits per heavy atom. The monoisotopic (exact) mass is 183 g/mol. The number of nitrogens with two attached hydrogens (primary N) is 1. The molecule has 1 nitrogen and oxygen atoms in total. The fourth-order valence-corrected chi connectivity index (χ4v) is 1.99. The second-order valence-corrected chi connectivity index (χ2v) is 5.21. The van der Waals surface area contributed by atoms with Crippen LogP contribution >= 0.6 is 11.3 Å². The molecule has 1 unspecified atom stereocenters. The average Bonchev–Trinajstić information content (AvgIpc) is 2.32. The van der Waals surface area contributed by atoms with Gasteiger partial charge in [0.1, 0.15) is 0 Å². The van der Waals surface area contributed by atoms with E-state index >= 15 is 0 Å². The van der Waals surface area contributed by atoms with E-state index in [1.54, 1.807) is 11.3 Å². The summed E-state index contributed by atoms with van der Waals surface area (Å²) >= 11 is 1.71. The zero-order valence-electron chi connectivity index (χ0n) is 8.00. The van der Waals surface area contributed by atoms with E-state index < -0.39 is 0 Å². The normalized spacial score (nSPS) is 14.7. The predicted octanol–water partition coefficient (Wildman–Crippen LogP) is 3.18. The van der Waals surface area contributed by atoms with Gasteiger partial charge in [-0.25, -0.2) is 0 Å². The van der Waals surface area contributed by atoms with E-state index in [2.05, 4.69) is 37.6 Å². The zero-order chi connectivity index (χ0) is 9.19. The zero-order valence-corrected chi connectivity index (χ0v) is 8.82. The first kappa shape index (κ1) is 9.75. The van der Waals surface area contributed by atoms with Gasteiger partial charge >= 0.3 is 0 Å². The average molecular weight is 183 g/mol. The molecular weight excluding hydrogens is 166 g/mol. The highest BCUT2D eigenvalue weighted by atomic mass is 32.1. The van der Waals surface area contributed by atoms with Crippen molar-refractivity contribution in [1.29, 1.82) is 0 Å². The van der Waals surface area contributed by atoms with Crippen molar-refractivity contribution in [2.45, 2.75) is 33.2 Å². The smallest absolute Gasteiger partial charge is 0.0308 e. The highest BCUT2D eigenvalue weighted by molar-refractivity contribution is 7.07. The maximum atomic E-state index is 6.03. The van der Waals surface area contributed by atoms with Crippen LogP contribution in [0.15, 0.2) is 16.8 Å². The third kappa shape index (κ3) is 2.95. The summed E-state index contributed by atoms with van der Waals surface area (Å²) in [5.74, 6) is 0. The van der Waals surface area contributed by atoms with Crippen molar-refractivity contribution in [2.24, 2.45) is 11.1 Å². The van der Waals surface area contributed by atoms with Gasteiger partial charge in [-0.1, -0.05) is 20.8 Å². The minimum atomic E-state index is 0.205. The van der Waals surface area contributed by atoms with Crippen molar-refractivity contribution >= 4 is 11.3 Å². The van der Waals surface area contributed by atoms with Crippen molar-refractivity contribution in [1.82, 2.24) is 0 Å². The van der Waals surface area contributed by atoms with Crippen LogP contribution in [0.4, 0.5) is 0 Å². The largest absolute Gasteiger partial charge is 0.324 e. The Morgan fingerprint density at radius 2 is 2.17 bits per heavy atom. The van der Waals surface area contributed by atoms with Crippen molar-refractivity contribution < 1.29 is 0 Å². The maximum absolute atomic E-state index is 6.03.